The Morgan fingerprint density at radius 1 is 1.00 bits per heavy atom. The highest BCUT2D eigenvalue weighted by atomic mass is 16.1. The lowest BCUT2D eigenvalue weighted by atomic mass is 10.1. The lowest BCUT2D eigenvalue weighted by Gasteiger charge is -2.08. The molecule has 3 nitrogen and oxygen atoms in total. The van der Waals surface area contributed by atoms with Crippen LogP contribution in [0.5, 0.6) is 0 Å². The average molecular weight is 312 g/mol. The second kappa shape index (κ2) is 6.80. The number of fused-ring (bicyclic) bond motifs is 1. The van der Waals surface area contributed by atoms with E-state index in [1.807, 2.05) is 79.7 Å². The Morgan fingerprint density at radius 3 is 2.46 bits per heavy atom. The van der Waals surface area contributed by atoms with Gasteiger partial charge in [0.25, 0.3) is 5.91 Å². The number of nitrogens with one attached hydrogen (secondary N) is 1. The SMILES string of the molecule is Cc1ccc(/C=C(\C#N)C(=O)Nc2cccc3ccccc23)cc1. The normalized spacial score (nSPS) is 11.1. The summed E-state index contributed by atoms with van der Waals surface area (Å²) >= 11 is 0. The standard InChI is InChI=1S/C21H16N2O/c1-15-9-11-16(12-10-15)13-18(14-22)21(24)23-20-8-4-6-17-5-2-3-7-19(17)20/h2-13H,1H3,(H,23,24)/b18-13+. The molecule has 1 N–H and O–H groups in total. The van der Waals surface area contributed by atoms with Crippen LogP contribution in [-0.4, -0.2) is 5.91 Å². The average Bonchev–Trinajstić information content (AvgIpc) is 2.61. The van der Waals surface area contributed by atoms with Gasteiger partial charge in [0.15, 0.2) is 0 Å². The molecule has 0 aliphatic heterocycles. The van der Waals surface area contributed by atoms with Crippen LogP contribution in [-0.2, 0) is 4.79 Å². The molecule has 1 amide bonds. The zero-order valence-corrected chi connectivity index (χ0v) is 13.3. The lowest BCUT2D eigenvalue weighted by Crippen LogP contribution is -2.13. The fraction of sp³-hybridized carbons (Fsp3) is 0.0476. The molecule has 0 fully saturated rings. The molecule has 0 aliphatic rings. The van der Waals surface area contributed by atoms with Gasteiger partial charge in [0, 0.05) is 11.1 Å². The quantitative estimate of drug-likeness (QED) is 0.563. The first-order valence-corrected chi connectivity index (χ1v) is 7.65. The van der Waals surface area contributed by atoms with E-state index in [-0.39, 0.29) is 5.57 Å². The van der Waals surface area contributed by atoms with Crippen molar-refractivity contribution in [3.8, 4) is 6.07 Å². The molecule has 0 bridgehead atoms. The third-order valence-electron chi connectivity index (χ3n) is 3.79. The molecule has 0 saturated carbocycles. The summed E-state index contributed by atoms with van der Waals surface area (Å²) in [6, 6.07) is 23.2. The van der Waals surface area contributed by atoms with Crippen molar-refractivity contribution in [2.75, 3.05) is 5.32 Å². The van der Waals surface area contributed by atoms with Gasteiger partial charge in [0.05, 0.1) is 0 Å². The van der Waals surface area contributed by atoms with E-state index in [0.29, 0.717) is 5.69 Å². The monoisotopic (exact) mass is 312 g/mol. The highest BCUT2D eigenvalue weighted by Crippen LogP contribution is 2.23. The highest BCUT2D eigenvalue weighted by molar-refractivity contribution is 6.12. The fourth-order valence-corrected chi connectivity index (χ4v) is 2.50. The number of nitriles is 1. The largest absolute Gasteiger partial charge is 0.321 e. The van der Waals surface area contributed by atoms with Crippen LogP contribution < -0.4 is 5.32 Å². The first kappa shape index (κ1) is 15.5. The Labute approximate surface area is 140 Å². The molecule has 0 aliphatic carbocycles. The zero-order chi connectivity index (χ0) is 16.9. The molecule has 0 saturated heterocycles. The van der Waals surface area contributed by atoms with E-state index in [2.05, 4.69) is 5.32 Å². The minimum Gasteiger partial charge on any atom is -0.321 e. The number of carbonyl (C=O) groups is 1. The van der Waals surface area contributed by atoms with Crippen LogP contribution in [0.1, 0.15) is 11.1 Å². The minimum atomic E-state index is -0.408. The highest BCUT2D eigenvalue weighted by Gasteiger charge is 2.11. The van der Waals surface area contributed by atoms with Crippen molar-refractivity contribution >= 4 is 28.4 Å². The smallest absolute Gasteiger partial charge is 0.266 e. The van der Waals surface area contributed by atoms with Crippen molar-refractivity contribution < 1.29 is 4.79 Å². The van der Waals surface area contributed by atoms with Gasteiger partial charge in [-0.15, -0.1) is 0 Å². The summed E-state index contributed by atoms with van der Waals surface area (Å²) in [6.45, 7) is 1.99. The molecular weight excluding hydrogens is 296 g/mol. The van der Waals surface area contributed by atoms with Crippen LogP contribution >= 0.6 is 0 Å². The number of amides is 1. The van der Waals surface area contributed by atoms with Crippen LogP contribution in [0.3, 0.4) is 0 Å². The second-order valence-electron chi connectivity index (χ2n) is 5.56. The van der Waals surface area contributed by atoms with Crippen molar-refractivity contribution in [3.05, 3.63) is 83.4 Å². The predicted molar refractivity (Wildman–Crippen MR) is 97.3 cm³/mol. The molecule has 3 rings (SSSR count). The summed E-state index contributed by atoms with van der Waals surface area (Å²) < 4.78 is 0. The molecule has 0 unspecified atom stereocenters. The number of anilines is 1. The maximum absolute atomic E-state index is 12.5. The van der Waals surface area contributed by atoms with Gasteiger partial charge >= 0.3 is 0 Å². The van der Waals surface area contributed by atoms with Crippen molar-refractivity contribution in [2.24, 2.45) is 0 Å². The summed E-state index contributed by atoms with van der Waals surface area (Å²) in [7, 11) is 0. The molecule has 3 heteroatoms. The summed E-state index contributed by atoms with van der Waals surface area (Å²) in [5.74, 6) is -0.408. The molecule has 24 heavy (non-hydrogen) atoms. The number of aryl methyl sites for hydroxylation is 1. The minimum absolute atomic E-state index is 0.0757. The topological polar surface area (TPSA) is 52.9 Å². The molecule has 3 aromatic rings. The Balaban J connectivity index is 1.89. The molecule has 0 radical (unpaired) electrons. The predicted octanol–water partition coefficient (Wildman–Crippen LogP) is 4.69. The summed E-state index contributed by atoms with van der Waals surface area (Å²) in [5.41, 5.74) is 2.73. The third-order valence-corrected chi connectivity index (χ3v) is 3.79. The maximum atomic E-state index is 12.5. The number of carbonyl (C=O) groups excluding carboxylic acids is 1. The molecular formula is C21H16N2O. The van der Waals surface area contributed by atoms with Crippen molar-refractivity contribution in [1.82, 2.24) is 0 Å². The van der Waals surface area contributed by atoms with Crippen molar-refractivity contribution in [3.63, 3.8) is 0 Å². The molecule has 0 heterocycles. The van der Waals surface area contributed by atoms with E-state index in [1.165, 1.54) is 0 Å². The van der Waals surface area contributed by atoms with Gasteiger partial charge in [0.2, 0.25) is 0 Å². The zero-order valence-electron chi connectivity index (χ0n) is 13.3. The molecule has 116 valence electrons. The van der Waals surface area contributed by atoms with Gasteiger partial charge < -0.3 is 5.32 Å². The Morgan fingerprint density at radius 2 is 1.71 bits per heavy atom. The van der Waals surface area contributed by atoms with Gasteiger partial charge in [-0.1, -0.05) is 66.2 Å². The van der Waals surface area contributed by atoms with Gasteiger partial charge in [0.1, 0.15) is 11.6 Å². The maximum Gasteiger partial charge on any atom is 0.266 e. The summed E-state index contributed by atoms with van der Waals surface area (Å²) in [5, 5.41) is 14.1. The van der Waals surface area contributed by atoms with E-state index in [9.17, 15) is 10.1 Å². The van der Waals surface area contributed by atoms with Crippen LogP contribution in [0.15, 0.2) is 72.3 Å². The number of hydrogen-bond acceptors (Lipinski definition) is 2. The first-order valence-electron chi connectivity index (χ1n) is 7.65. The molecule has 0 atom stereocenters. The summed E-state index contributed by atoms with van der Waals surface area (Å²) in [6.07, 6.45) is 1.60. The van der Waals surface area contributed by atoms with Gasteiger partial charge in [-0.05, 0) is 30.0 Å². The number of nitrogens with zero attached hydrogens (tertiary/aromatic N) is 1. The summed E-state index contributed by atoms with van der Waals surface area (Å²) in [4.78, 5) is 12.5. The lowest BCUT2D eigenvalue weighted by molar-refractivity contribution is -0.112. The van der Waals surface area contributed by atoms with Crippen LogP contribution in [0, 0.1) is 18.3 Å². The third kappa shape index (κ3) is 3.34. The van der Waals surface area contributed by atoms with E-state index in [1.54, 1.807) is 6.08 Å². The fourth-order valence-electron chi connectivity index (χ4n) is 2.50. The van der Waals surface area contributed by atoms with Crippen LogP contribution in [0.25, 0.3) is 16.8 Å². The van der Waals surface area contributed by atoms with E-state index in [0.717, 1.165) is 21.9 Å². The number of benzene rings is 3. The van der Waals surface area contributed by atoms with Crippen molar-refractivity contribution in [1.29, 1.82) is 5.26 Å². The Kier molecular flexibility index (Phi) is 4.40. The van der Waals surface area contributed by atoms with E-state index < -0.39 is 5.91 Å². The number of hydrogen-bond donors (Lipinski definition) is 1. The van der Waals surface area contributed by atoms with E-state index in [4.69, 9.17) is 0 Å². The first-order chi connectivity index (χ1) is 11.7. The van der Waals surface area contributed by atoms with Gasteiger partial charge in [-0.2, -0.15) is 5.26 Å². The molecule has 0 aromatic heterocycles. The van der Waals surface area contributed by atoms with Gasteiger partial charge in [-0.25, -0.2) is 0 Å². The van der Waals surface area contributed by atoms with Crippen LogP contribution in [0.2, 0.25) is 0 Å². The van der Waals surface area contributed by atoms with E-state index >= 15 is 0 Å². The second-order valence-corrected chi connectivity index (χ2v) is 5.56. The van der Waals surface area contributed by atoms with Crippen LogP contribution in [0.4, 0.5) is 5.69 Å². The molecule has 0 spiro atoms. The number of rotatable bonds is 3. The van der Waals surface area contributed by atoms with Gasteiger partial charge in [-0.3, -0.25) is 4.79 Å². The van der Waals surface area contributed by atoms with Crippen molar-refractivity contribution in [2.45, 2.75) is 6.92 Å². The molecule has 3 aromatic carbocycles. The Bertz CT molecular complexity index is 958. The Hall–Kier alpha value is -3.38.